The van der Waals surface area contributed by atoms with E-state index in [9.17, 15) is 14.7 Å². The minimum Gasteiger partial charge on any atom is -0.478 e. The number of benzene rings is 2. The van der Waals surface area contributed by atoms with Gasteiger partial charge in [-0.25, -0.2) is 9.78 Å². The highest BCUT2D eigenvalue weighted by atomic mass is 35.5. The van der Waals surface area contributed by atoms with Crippen molar-refractivity contribution >= 4 is 61.5 Å². The third kappa shape index (κ3) is 3.85. The average molecular weight is 461 g/mol. The molecule has 162 valence electrons. The summed E-state index contributed by atoms with van der Waals surface area (Å²) in [5.74, 6) is -2.54. The first-order chi connectivity index (χ1) is 14.7. The van der Waals surface area contributed by atoms with Crippen LogP contribution < -0.4 is 27.0 Å². The molecule has 31 heavy (non-hydrogen) atoms. The maximum atomic E-state index is 11.4. The SMILES string of the molecule is CN1c2ccc(C(=O)O)cc2NC1(Nc1nc2ccc(Cl)cc2s1)C(N)CCC(N)=O. The van der Waals surface area contributed by atoms with E-state index < -0.39 is 23.7 Å². The Kier molecular flexibility index (Phi) is 5.38. The summed E-state index contributed by atoms with van der Waals surface area (Å²) in [5.41, 5.74) is 14.2. The minimum atomic E-state index is -1.06. The summed E-state index contributed by atoms with van der Waals surface area (Å²) >= 11 is 7.51. The number of fused-ring (bicyclic) bond motifs is 2. The number of carbonyl (C=O) groups is 2. The standard InChI is InChI=1S/C20H21ClN6O3S/c1-27-14-5-2-10(18(29)30)8-13(14)25-20(27,16(22)6-7-17(23)28)26-19-24-12-4-3-11(21)9-15(12)31-19/h2-5,8-9,16,25H,6-7,22H2,1H3,(H2,23,28)(H,24,26)(H,29,30). The lowest BCUT2D eigenvalue weighted by Gasteiger charge is -2.42. The van der Waals surface area contributed by atoms with Gasteiger partial charge in [-0.3, -0.25) is 4.79 Å². The first-order valence-corrected chi connectivity index (χ1v) is 10.7. The van der Waals surface area contributed by atoms with E-state index in [0.29, 0.717) is 22.3 Å². The lowest BCUT2D eigenvalue weighted by Crippen LogP contribution is -2.66. The Bertz CT molecular complexity index is 1180. The van der Waals surface area contributed by atoms with E-state index in [0.717, 1.165) is 15.9 Å². The van der Waals surface area contributed by atoms with Crippen molar-refractivity contribution < 1.29 is 14.7 Å². The van der Waals surface area contributed by atoms with Gasteiger partial charge in [0.1, 0.15) is 0 Å². The summed E-state index contributed by atoms with van der Waals surface area (Å²) in [4.78, 5) is 29.3. The van der Waals surface area contributed by atoms with Crippen LogP contribution in [0.15, 0.2) is 36.4 Å². The average Bonchev–Trinajstić information content (AvgIpc) is 3.24. The molecule has 1 aromatic heterocycles. The van der Waals surface area contributed by atoms with E-state index in [1.807, 2.05) is 24.1 Å². The molecule has 0 fully saturated rings. The molecule has 7 N–H and O–H groups in total. The molecule has 2 heterocycles. The van der Waals surface area contributed by atoms with E-state index >= 15 is 0 Å². The highest BCUT2D eigenvalue weighted by Gasteiger charge is 2.47. The van der Waals surface area contributed by atoms with Crippen molar-refractivity contribution in [2.24, 2.45) is 11.5 Å². The van der Waals surface area contributed by atoms with Crippen LogP contribution in [0.5, 0.6) is 0 Å². The van der Waals surface area contributed by atoms with Gasteiger partial charge in [-0.05, 0) is 42.8 Å². The quantitative estimate of drug-likeness (QED) is 0.361. The fraction of sp³-hybridized carbons (Fsp3) is 0.250. The van der Waals surface area contributed by atoms with E-state index in [1.54, 1.807) is 18.2 Å². The van der Waals surface area contributed by atoms with Crippen molar-refractivity contribution in [3.05, 3.63) is 47.0 Å². The number of nitrogens with zero attached hydrogens (tertiary/aromatic N) is 2. The van der Waals surface area contributed by atoms with Crippen LogP contribution in [0.2, 0.25) is 5.02 Å². The van der Waals surface area contributed by atoms with Crippen LogP contribution in [-0.4, -0.2) is 40.8 Å². The van der Waals surface area contributed by atoms with Crippen molar-refractivity contribution in [2.75, 3.05) is 22.6 Å². The summed E-state index contributed by atoms with van der Waals surface area (Å²) in [7, 11) is 1.83. The van der Waals surface area contributed by atoms with Gasteiger partial charge in [0.05, 0.1) is 33.2 Å². The second-order valence-corrected chi connectivity index (χ2v) is 8.82. The van der Waals surface area contributed by atoms with E-state index in [2.05, 4.69) is 15.6 Å². The number of primary amides is 1. The maximum Gasteiger partial charge on any atom is 0.335 e. The molecule has 1 aliphatic heterocycles. The van der Waals surface area contributed by atoms with E-state index in [-0.39, 0.29) is 12.0 Å². The number of hydrogen-bond donors (Lipinski definition) is 5. The number of thiazole rings is 1. The molecule has 2 atom stereocenters. The zero-order valence-corrected chi connectivity index (χ0v) is 18.1. The number of halogens is 1. The number of carboxylic acid groups (broad SMARTS) is 1. The predicted octanol–water partition coefficient (Wildman–Crippen LogP) is 2.87. The number of anilines is 3. The van der Waals surface area contributed by atoms with Crippen LogP contribution in [0.1, 0.15) is 23.2 Å². The maximum absolute atomic E-state index is 11.4. The number of nitrogens with two attached hydrogens (primary N) is 2. The molecule has 0 saturated heterocycles. The topological polar surface area (TPSA) is 147 Å². The number of carbonyl (C=O) groups excluding carboxylic acids is 1. The van der Waals surface area contributed by atoms with Crippen LogP contribution in [0, 0.1) is 0 Å². The lowest BCUT2D eigenvalue weighted by molar-refractivity contribution is -0.118. The van der Waals surface area contributed by atoms with Gasteiger partial charge in [-0.15, -0.1) is 0 Å². The van der Waals surface area contributed by atoms with Gasteiger partial charge in [0, 0.05) is 18.5 Å². The smallest absolute Gasteiger partial charge is 0.335 e. The first kappa shape index (κ1) is 21.2. The zero-order chi connectivity index (χ0) is 22.3. The molecule has 2 aromatic carbocycles. The van der Waals surface area contributed by atoms with Gasteiger partial charge in [-0.1, -0.05) is 22.9 Å². The number of nitrogens with one attached hydrogen (secondary N) is 2. The highest BCUT2D eigenvalue weighted by molar-refractivity contribution is 7.22. The van der Waals surface area contributed by atoms with Gasteiger partial charge < -0.3 is 32.1 Å². The van der Waals surface area contributed by atoms with Crippen molar-refractivity contribution in [3.63, 3.8) is 0 Å². The number of hydrogen-bond acceptors (Lipinski definition) is 8. The van der Waals surface area contributed by atoms with E-state index in [4.69, 9.17) is 23.1 Å². The number of aromatic carboxylic acids is 1. The van der Waals surface area contributed by atoms with Crippen LogP contribution in [0.4, 0.5) is 16.5 Å². The predicted molar refractivity (Wildman–Crippen MR) is 123 cm³/mol. The molecule has 3 aromatic rings. The Labute approximate surface area is 187 Å². The van der Waals surface area contributed by atoms with Crippen LogP contribution in [0.25, 0.3) is 10.2 Å². The Balaban J connectivity index is 1.74. The van der Waals surface area contributed by atoms with Crippen molar-refractivity contribution in [1.29, 1.82) is 0 Å². The fourth-order valence-corrected chi connectivity index (χ4v) is 4.91. The molecular weight excluding hydrogens is 440 g/mol. The second-order valence-electron chi connectivity index (χ2n) is 7.36. The lowest BCUT2D eigenvalue weighted by atomic mass is 10.0. The Morgan fingerprint density at radius 3 is 2.84 bits per heavy atom. The molecule has 0 bridgehead atoms. The molecule has 2 unspecified atom stereocenters. The largest absolute Gasteiger partial charge is 0.478 e. The fourth-order valence-electron chi connectivity index (χ4n) is 3.71. The Hall–Kier alpha value is -3.08. The normalized spacial score (nSPS) is 18.5. The molecule has 1 aliphatic rings. The van der Waals surface area contributed by atoms with Crippen molar-refractivity contribution in [1.82, 2.24) is 4.98 Å². The summed E-state index contributed by atoms with van der Waals surface area (Å²) in [5, 5.41) is 17.3. The number of amides is 1. The van der Waals surface area contributed by atoms with Gasteiger partial charge in [0.2, 0.25) is 11.7 Å². The zero-order valence-electron chi connectivity index (χ0n) is 16.6. The van der Waals surface area contributed by atoms with Crippen LogP contribution >= 0.6 is 22.9 Å². The molecule has 0 aliphatic carbocycles. The minimum absolute atomic E-state index is 0.103. The summed E-state index contributed by atoms with van der Waals surface area (Å²) in [6, 6.07) is 9.64. The van der Waals surface area contributed by atoms with E-state index in [1.165, 1.54) is 17.4 Å². The number of rotatable bonds is 7. The molecule has 0 spiro atoms. The Morgan fingerprint density at radius 1 is 1.35 bits per heavy atom. The number of likely N-dealkylation sites (N-methyl/N-ethyl adjacent to an activating group) is 1. The van der Waals surface area contributed by atoms with Crippen LogP contribution in [0.3, 0.4) is 0 Å². The molecule has 1 amide bonds. The van der Waals surface area contributed by atoms with Crippen LogP contribution in [-0.2, 0) is 4.79 Å². The van der Waals surface area contributed by atoms with Gasteiger partial charge in [0.25, 0.3) is 0 Å². The monoisotopic (exact) mass is 460 g/mol. The molecule has 4 rings (SSSR count). The van der Waals surface area contributed by atoms with Crippen molar-refractivity contribution in [3.8, 4) is 0 Å². The molecular formula is C20H21ClN6O3S. The molecule has 0 saturated carbocycles. The second kappa shape index (κ2) is 7.88. The van der Waals surface area contributed by atoms with Gasteiger partial charge >= 0.3 is 5.97 Å². The van der Waals surface area contributed by atoms with Gasteiger partial charge in [0.15, 0.2) is 5.13 Å². The highest BCUT2D eigenvalue weighted by Crippen LogP contribution is 2.42. The number of aromatic nitrogens is 1. The third-order valence-corrected chi connectivity index (χ3v) is 6.51. The summed E-state index contributed by atoms with van der Waals surface area (Å²) < 4.78 is 0.905. The van der Waals surface area contributed by atoms with Crippen molar-refractivity contribution in [2.45, 2.75) is 24.7 Å². The third-order valence-electron chi connectivity index (χ3n) is 5.35. The Morgan fingerprint density at radius 2 is 2.13 bits per heavy atom. The number of carboxylic acids is 1. The molecule has 11 heteroatoms. The first-order valence-electron chi connectivity index (χ1n) is 9.47. The molecule has 0 radical (unpaired) electrons. The molecule has 9 nitrogen and oxygen atoms in total. The summed E-state index contributed by atoms with van der Waals surface area (Å²) in [6.45, 7) is 0. The summed E-state index contributed by atoms with van der Waals surface area (Å²) in [6.07, 6.45) is 0.405. The van der Waals surface area contributed by atoms with Gasteiger partial charge in [-0.2, -0.15) is 0 Å².